The third-order valence-electron chi connectivity index (χ3n) is 14.5. The molecular weight excluding hydrogens is 1160 g/mol. The van der Waals surface area contributed by atoms with Gasteiger partial charge in [0, 0.05) is 52.6 Å². The number of ether oxygens (including phenoxy) is 1. The van der Waals surface area contributed by atoms with Crippen LogP contribution in [0.3, 0.4) is 0 Å². The number of hydrogen-bond donors (Lipinski definition) is 0. The van der Waals surface area contributed by atoms with E-state index >= 15 is 0 Å². The van der Waals surface area contributed by atoms with Crippen LogP contribution in [0.4, 0.5) is 0 Å². The van der Waals surface area contributed by atoms with E-state index in [-0.39, 0.29) is 60.2 Å². The van der Waals surface area contributed by atoms with Crippen molar-refractivity contribution < 1.29 is 46.8 Å². The number of para-hydroxylation sites is 3. The van der Waals surface area contributed by atoms with Crippen molar-refractivity contribution in [3.63, 3.8) is 0 Å². The number of imidazole rings is 1. The summed E-state index contributed by atoms with van der Waals surface area (Å²) in [6.07, 6.45) is 3.25. The van der Waals surface area contributed by atoms with Crippen LogP contribution < -0.4 is 9.30 Å². The van der Waals surface area contributed by atoms with Crippen molar-refractivity contribution in [1.29, 1.82) is 0 Å². The van der Waals surface area contributed by atoms with Crippen LogP contribution in [0.2, 0.25) is 0 Å². The SMILES string of the molecule is [2H]c1c([2H])c([2H])c(-c2cccc(-c3c([2H])c([2H])c([2H])c([2H])c3[2H])c2-[n+]2[c-]n(-c3[c-]c(Oc4[c-]c5c(cc4)c4cc(-c6ccccc6)ccc4n5-c4cc(C([2H])([2H])C(C)(C)c5ccccc5)c(-c5ccc(C(C)(C)C)cc5)cn4)ccc3)c3ccccc32)c([2H])c1[2H].[Pt]. The maximum atomic E-state index is 10.2. The molecule has 3 aromatic heterocycles. The van der Waals surface area contributed by atoms with Crippen molar-refractivity contribution in [2.45, 2.75) is 51.8 Å². The molecule has 0 radical (unpaired) electrons. The first kappa shape index (κ1) is 39.5. The van der Waals surface area contributed by atoms with Crippen LogP contribution >= 0.6 is 0 Å². The van der Waals surface area contributed by atoms with Crippen LogP contribution in [0.25, 0.3) is 94.5 Å². The number of rotatable bonds is 12. The van der Waals surface area contributed by atoms with Gasteiger partial charge in [0.1, 0.15) is 5.82 Å². The minimum atomic E-state index is -1.95. The second-order valence-electron chi connectivity index (χ2n) is 21.0. The zero-order valence-corrected chi connectivity index (χ0v) is 46.7. The first-order valence-electron chi connectivity index (χ1n) is 32.1. The van der Waals surface area contributed by atoms with Crippen LogP contribution in [0, 0.1) is 18.5 Å². The number of hydrogen-bond acceptors (Lipinski definition) is 2. The topological polar surface area (TPSA) is 35.9 Å². The number of aromatic nitrogens is 4. The molecule has 0 fully saturated rings. The summed E-state index contributed by atoms with van der Waals surface area (Å²) in [5.74, 6) is 1.09. The molecule has 13 rings (SSSR count). The third-order valence-corrected chi connectivity index (χ3v) is 14.5. The summed E-state index contributed by atoms with van der Waals surface area (Å²) in [5, 5.41) is 1.76. The zero-order chi connectivity index (χ0) is 64.2. The Hall–Kier alpha value is -8.89. The molecule has 13 aromatic rings. The van der Waals surface area contributed by atoms with Gasteiger partial charge in [-0.1, -0.05) is 240 Å². The van der Waals surface area contributed by atoms with Crippen LogP contribution in [0.1, 0.15) is 67.8 Å². The molecule has 3 heterocycles. The van der Waals surface area contributed by atoms with Gasteiger partial charge in [-0.2, -0.15) is 18.2 Å². The maximum absolute atomic E-state index is 10.2. The number of nitrogens with zero attached hydrogens (tertiary/aromatic N) is 4. The Morgan fingerprint density at radius 1 is 0.537 bits per heavy atom. The third kappa shape index (κ3) is 9.88. The molecule has 0 aliphatic heterocycles. The molecule has 0 unspecified atom stereocenters. The van der Waals surface area contributed by atoms with Crippen LogP contribution in [-0.4, -0.2) is 14.1 Å². The first-order chi connectivity index (χ1) is 43.5. The molecule has 5 nitrogen and oxygen atoms in total. The molecule has 392 valence electrons. The summed E-state index contributed by atoms with van der Waals surface area (Å²) in [5.41, 5.74) is 7.87. The van der Waals surface area contributed by atoms with E-state index in [0.29, 0.717) is 44.9 Å². The van der Waals surface area contributed by atoms with Gasteiger partial charge >= 0.3 is 0 Å². The zero-order valence-electron chi connectivity index (χ0n) is 56.4. The van der Waals surface area contributed by atoms with Crippen LogP contribution in [-0.2, 0) is 38.3 Å². The fourth-order valence-electron chi connectivity index (χ4n) is 10.5. The van der Waals surface area contributed by atoms with Crippen LogP contribution in [0.5, 0.6) is 11.5 Å². The summed E-state index contributed by atoms with van der Waals surface area (Å²) in [6, 6.07) is 59.0. The molecule has 80 heavy (non-hydrogen) atoms. The predicted molar refractivity (Wildman–Crippen MR) is 324 cm³/mol. The van der Waals surface area contributed by atoms with E-state index in [1.165, 1.54) is 0 Å². The Labute approximate surface area is 500 Å². The molecule has 0 saturated heterocycles. The summed E-state index contributed by atoms with van der Waals surface area (Å²) >= 11 is 0. The minimum absolute atomic E-state index is 0. The van der Waals surface area contributed by atoms with E-state index < -0.39 is 72.2 Å². The van der Waals surface area contributed by atoms with Crippen molar-refractivity contribution in [2.75, 3.05) is 0 Å². The van der Waals surface area contributed by atoms with Gasteiger partial charge in [0.05, 0.1) is 30.4 Å². The summed E-state index contributed by atoms with van der Waals surface area (Å²) in [4.78, 5) is 5.21. The molecule has 10 aromatic carbocycles. The van der Waals surface area contributed by atoms with Gasteiger partial charge in [-0.05, 0) is 96.0 Å². The predicted octanol–water partition coefficient (Wildman–Crippen LogP) is 18.1. The van der Waals surface area contributed by atoms with E-state index in [0.717, 1.165) is 44.1 Å². The molecule has 0 aliphatic rings. The number of benzene rings is 10. The van der Waals surface area contributed by atoms with Crippen molar-refractivity contribution in [1.82, 2.24) is 14.1 Å². The maximum Gasteiger partial charge on any atom is 0.268 e. The summed E-state index contributed by atoms with van der Waals surface area (Å²) in [7, 11) is 0. The van der Waals surface area contributed by atoms with Crippen molar-refractivity contribution in [3.05, 3.63) is 284 Å². The van der Waals surface area contributed by atoms with Crippen LogP contribution in [0.15, 0.2) is 249 Å². The summed E-state index contributed by atoms with van der Waals surface area (Å²) in [6.45, 7) is 10.4. The second-order valence-corrected chi connectivity index (χ2v) is 21.0. The van der Waals surface area contributed by atoms with E-state index in [9.17, 15) is 2.74 Å². The number of pyridine rings is 1. The van der Waals surface area contributed by atoms with Gasteiger partial charge in [-0.25, -0.2) is 4.98 Å². The van der Waals surface area contributed by atoms with Gasteiger partial charge in [-0.3, -0.25) is 4.57 Å². The Morgan fingerprint density at radius 2 is 1.18 bits per heavy atom. The standard InChI is InChI=1S/C74H58N4O.Pt/c1-73(2,3)57-39-36-54(37-40-57)66-49-75-71(45-56(66)48-74(4,5)58-28-16-9-17-29-58)78-67-43-38-55(51-22-10-6-11-23-51)44-65(67)64-42-41-61(47-70(64)78)79-60-31-20-30-59(46-60)76-50-77(69-35-19-18-34-68(69)76)72-62(52-24-12-7-13-25-52)32-21-33-63(72)53-26-14-8-15-27-53;/h6-45,49H,48H2,1-5H3;/q-2;/i7D,8D,12D,13D,14D,15D,24D,25D,26D,27D,48D2;. The molecule has 0 spiro atoms. The number of fused-ring (bicyclic) bond motifs is 4. The van der Waals surface area contributed by atoms with E-state index in [2.05, 4.69) is 81.7 Å². The minimum Gasteiger partial charge on any atom is -0.510 e. The first-order valence-corrected chi connectivity index (χ1v) is 26.1. The fourth-order valence-corrected chi connectivity index (χ4v) is 10.5. The molecule has 0 N–H and O–H groups in total. The van der Waals surface area contributed by atoms with Crippen molar-refractivity contribution in [2.24, 2.45) is 0 Å². The van der Waals surface area contributed by atoms with Gasteiger partial charge in [0.15, 0.2) is 0 Å². The normalized spacial score (nSPS) is 14.1. The Balaban J connectivity index is 0.00000816. The fraction of sp³-hybridized carbons (Fsp3) is 0.108. The van der Waals surface area contributed by atoms with E-state index in [1.807, 2.05) is 109 Å². The molecule has 0 bridgehead atoms. The van der Waals surface area contributed by atoms with Gasteiger partial charge in [-0.15, -0.1) is 29.7 Å². The average molecular weight is 1230 g/mol. The van der Waals surface area contributed by atoms with Crippen molar-refractivity contribution in [3.8, 4) is 73.2 Å². The molecule has 6 heteroatoms. The smallest absolute Gasteiger partial charge is 0.268 e. The van der Waals surface area contributed by atoms with Gasteiger partial charge in [0.2, 0.25) is 0 Å². The Bertz CT molecular complexity index is 4940. The Morgan fingerprint density at radius 3 is 1.88 bits per heavy atom. The van der Waals surface area contributed by atoms with Crippen molar-refractivity contribution >= 4 is 32.8 Å². The average Bonchev–Trinajstić information content (AvgIpc) is 1.37. The molecular formula is C74H58N4OPt-2. The van der Waals surface area contributed by atoms with Gasteiger partial charge in [0.25, 0.3) is 6.33 Å². The molecule has 0 aliphatic carbocycles. The largest absolute Gasteiger partial charge is 0.510 e. The Kier molecular flexibility index (Phi) is 10.6. The molecule has 0 atom stereocenters. The van der Waals surface area contributed by atoms with Gasteiger partial charge < -0.3 is 13.9 Å². The quantitative estimate of drug-likeness (QED) is 0.0903. The second kappa shape index (κ2) is 21.4. The molecule has 0 amide bonds. The summed E-state index contributed by atoms with van der Waals surface area (Å²) < 4.78 is 120. The monoisotopic (exact) mass is 1230 g/mol. The van der Waals surface area contributed by atoms with E-state index in [4.69, 9.17) is 23.4 Å². The molecule has 0 saturated carbocycles. The van der Waals surface area contributed by atoms with E-state index in [1.54, 1.807) is 63.9 Å².